The molecule has 1 heterocycles. The number of hydrogen-bond donors (Lipinski definition) is 2. The summed E-state index contributed by atoms with van der Waals surface area (Å²) < 4.78 is 0.842. The Kier molecular flexibility index (Phi) is 5.76. The van der Waals surface area contributed by atoms with Crippen LogP contribution in [-0.4, -0.2) is 16.8 Å². The van der Waals surface area contributed by atoms with Gasteiger partial charge in [0.1, 0.15) is 0 Å². The first-order valence-corrected chi connectivity index (χ1v) is 8.76. The van der Waals surface area contributed by atoms with Crippen LogP contribution in [0.3, 0.4) is 0 Å². The van der Waals surface area contributed by atoms with Crippen molar-refractivity contribution >= 4 is 33.4 Å². The van der Waals surface area contributed by atoms with E-state index in [2.05, 4.69) is 31.5 Å². The smallest absolute Gasteiger partial charge is 0.257 e. The number of pyridine rings is 1. The van der Waals surface area contributed by atoms with Crippen molar-refractivity contribution < 1.29 is 9.59 Å². The molecule has 0 fully saturated rings. The van der Waals surface area contributed by atoms with Crippen molar-refractivity contribution in [1.82, 2.24) is 10.3 Å². The average Bonchev–Trinajstić information content (AvgIpc) is 2.67. The molecule has 2 amide bonds. The van der Waals surface area contributed by atoms with Crippen molar-refractivity contribution in [2.75, 3.05) is 5.32 Å². The quantitative estimate of drug-likeness (QED) is 0.668. The van der Waals surface area contributed by atoms with Crippen LogP contribution in [0.4, 0.5) is 5.69 Å². The molecule has 0 unspecified atom stereocenters. The van der Waals surface area contributed by atoms with Crippen molar-refractivity contribution in [1.29, 1.82) is 0 Å². The van der Waals surface area contributed by atoms with Crippen molar-refractivity contribution in [2.45, 2.75) is 6.54 Å². The van der Waals surface area contributed by atoms with Crippen LogP contribution < -0.4 is 10.6 Å². The Labute approximate surface area is 159 Å². The number of halogens is 1. The second-order valence-electron chi connectivity index (χ2n) is 5.55. The lowest BCUT2D eigenvalue weighted by molar-refractivity contribution is 0.0950. The van der Waals surface area contributed by atoms with Crippen LogP contribution in [0.2, 0.25) is 0 Å². The van der Waals surface area contributed by atoms with Gasteiger partial charge in [-0.05, 0) is 42.0 Å². The fourth-order valence-corrected chi connectivity index (χ4v) is 2.79. The molecule has 0 saturated heterocycles. The number of para-hydroxylation sites is 1. The van der Waals surface area contributed by atoms with Crippen LogP contribution in [0.25, 0.3) is 0 Å². The van der Waals surface area contributed by atoms with Gasteiger partial charge in [-0.15, -0.1) is 0 Å². The van der Waals surface area contributed by atoms with Crippen LogP contribution in [0.1, 0.15) is 26.3 Å². The average molecular weight is 410 g/mol. The van der Waals surface area contributed by atoms with E-state index in [9.17, 15) is 9.59 Å². The molecule has 130 valence electrons. The molecule has 0 radical (unpaired) electrons. The zero-order valence-electron chi connectivity index (χ0n) is 13.8. The van der Waals surface area contributed by atoms with E-state index in [4.69, 9.17) is 0 Å². The highest BCUT2D eigenvalue weighted by molar-refractivity contribution is 9.10. The van der Waals surface area contributed by atoms with Gasteiger partial charge in [-0.1, -0.05) is 40.2 Å². The number of carbonyl (C=O) groups excluding carboxylic acids is 2. The number of benzene rings is 2. The second kappa shape index (κ2) is 8.40. The van der Waals surface area contributed by atoms with Crippen molar-refractivity contribution in [3.05, 3.63) is 94.2 Å². The number of hydrogen-bond acceptors (Lipinski definition) is 3. The van der Waals surface area contributed by atoms with Gasteiger partial charge in [-0.25, -0.2) is 0 Å². The summed E-state index contributed by atoms with van der Waals surface area (Å²) in [7, 11) is 0. The summed E-state index contributed by atoms with van der Waals surface area (Å²) in [5.41, 5.74) is 2.50. The molecule has 0 spiro atoms. The summed E-state index contributed by atoms with van der Waals surface area (Å²) in [6, 6.07) is 17.9. The van der Waals surface area contributed by atoms with Crippen LogP contribution in [0.5, 0.6) is 0 Å². The van der Waals surface area contributed by atoms with Gasteiger partial charge in [-0.2, -0.15) is 0 Å². The Hall–Kier alpha value is -2.99. The summed E-state index contributed by atoms with van der Waals surface area (Å²) >= 11 is 3.35. The van der Waals surface area contributed by atoms with Crippen LogP contribution in [0, 0.1) is 0 Å². The SMILES string of the molecule is O=C(NCc1ccccc1NC(=O)c1cccnc1)c1cccc(Br)c1. The minimum Gasteiger partial charge on any atom is -0.348 e. The zero-order valence-corrected chi connectivity index (χ0v) is 15.4. The number of amides is 2. The largest absolute Gasteiger partial charge is 0.348 e. The number of aromatic nitrogens is 1. The lowest BCUT2D eigenvalue weighted by Crippen LogP contribution is -2.24. The molecule has 0 bridgehead atoms. The molecule has 2 N–H and O–H groups in total. The standard InChI is InChI=1S/C20H16BrN3O2/c21-17-8-3-6-14(11-17)19(25)23-13-15-5-1-2-9-18(15)24-20(26)16-7-4-10-22-12-16/h1-12H,13H2,(H,23,25)(H,24,26). The van der Waals surface area contributed by atoms with Gasteiger partial charge in [0, 0.05) is 34.7 Å². The molecule has 1 aromatic heterocycles. The van der Waals surface area contributed by atoms with E-state index in [1.54, 1.807) is 42.6 Å². The minimum absolute atomic E-state index is 0.181. The molecular weight excluding hydrogens is 394 g/mol. The Morgan fingerprint density at radius 3 is 2.50 bits per heavy atom. The van der Waals surface area contributed by atoms with Gasteiger partial charge in [-0.3, -0.25) is 14.6 Å². The van der Waals surface area contributed by atoms with Gasteiger partial charge in [0.05, 0.1) is 5.56 Å². The predicted molar refractivity (Wildman–Crippen MR) is 104 cm³/mol. The lowest BCUT2D eigenvalue weighted by Gasteiger charge is -2.12. The van der Waals surface area contributed by atoms with Gasteiger partial charge < -0.3 is 10.6 Å². The number of nitrogens with zero attached hydrogens (tertiary/aromatic N) is 1. The molecule has 26 heavy (non-hydrogen) atoms. The molecule has 0 aliphatic rings. The Bertz CT molecular complexity index is 929. The van der Waals surface area contributed by atoms with Crippen molar-refractivity contribution in [3.8, 4) is 0 Å². The van der Waals surface area contributed by atoms with E-state index >= 15 is 0 Å². The summed E-state index contributed by atoms with van der Waals surface area (Å²) in [6.07, 6.45) is 3.12. The van der Waals surface area contributed by atoms with Crippen LogP contribution in [0.15, 0.2) is 77.5 Å². The highest BCUT2D eigenvalue weighted by atomic mass is 79.9. The van der Waals surface area contributed by atoms with Gasteiger partial charge in [0.2, 0.25) is 0 Å². The van der Waals surface area contributed by atoms with Crippen LogP contribution >= 0.6 is 15.9 Å². The second-order valence-corrected chi connectivity index (χ2v) is 6.46. The first-order chi connectivity index (χ1) is 12.6. The summed E-state index contributed by atoms with van der Waals surface area (Å²) in [5, 5.41) is 5.73. The van der Waals surface area contributed by atoms with E-state index < -0.39 is 0 Å². The maximum atomic E-state index is 12.3. The molecule has 0 atom stereocenters. The first-order valence-electron chi connectivity index (χ1n) is 7.96. The van der Waals surface area contributed by atoms with E-state index in [1.807, 2.05) is 24.3 Å². The molecule has 5 nitrogen and oxygen atoms in total. The normalized spacial score (nSPS) is 10.2. The summed E-state index contributed by atoms with van der Waals surface area (Å²) in [5.74, 6) is -0.427. The number of nitrogens with one attached hydrogen (secondary N) is 2. The predicted octanol–water partition coefficient (Wildman–Crippen LogP) is 4.03. The monoisotopic (exact) mass is 409 g/mol. The Balaban J connectivity index is 1.69. The van der Waals surface area contributed by atoms with E-state index in [0.717, 1.165) is 10.0 Å². The topological polar surface area (TPSA) is 71.1 Å². The molecule has 0 aliphatic heterocycles. The van der Waals surface area contributed by atoms with Gasteiger partial charge in [0.15, 0.2) is 0 Å². The third-order valence-corrected chi connectivity index (χ3v) is 4.21. The minimum atomic E-state index is -0.246. The molecule has 0 saturated carbocycles. The lowest BCUT2D eigenvalue weighted by atomic mass is 10.1. The third kappa shape index (κ3) is 4.55. The summed E-state index contributed by atoms with van der Waals surface area (Å²) in [4.78, 5) is 28.6. The number of rotatable bonds is 5. The zero-order chi connectivity index (χ0) is 18.4. The first kappa shape index (κ1) is 17.8. The maximum absolute atomic E-state index is 12.3. The van der Waals surface area contributed by atoms with Crippen molar-refractivity contribution in [3.63, 3.8) is 0 Å². The molecule has 3 aromatic rings. The van der Waals surface area contributed by atoms with Gasteiger partial charge >= 0.3 is 0 Å². The fourth-order valence-electron chi connectivity index (χ4n) is 2.40. The maximum Gasteiger partial charge on any atom is 0.257 e. The summed E-state index contributed by atoms with van der Waals surface area (Å²) in [6.45, 7) is 0.300. The van der Waals surface area contributed by atoms with E-state index in [-0.39, 0.29) is 11.8 Å². The number of anilines is 1. The van der Waals surface area contributed by atoms with Gasteiger partial charge in [0.25, 0.3) is 11.8 Å². The highest BCUT2D eigenvalue weighted by Gasteiger charge is 2.11. The third-order valence-electron chi connectivity index (χ3n) is 3.72. The fraction of sp³-hybridized carbons (Fsp3) is 0.0500. The molecular formula is C20H16BrN3O2. The van der Waals surface area contributed by atoms with Crippen molar-refractivity contribution in [2.24, 2.45) is 0 Å². The Morgan fingerprint density at radius 2 is 1.73 bits per heavy atom. The molecule has 6 heteroatoms. The molecule has 0 aliphatic carbocycles. The van der Waals surface area contributed by atoms with E-state index in [0.29, 0.717) is 23.4 Å². The molecule has 3 rings (SSSR count). The van der Waals surface area contributed by atoms with Crippen LogP contribution in [-0.2, 0) is 6.54 Å². The highest BCUT2D eigenvalue weighted by Crippen LogP contribution is 2.17. The molecule has 2 aromatic carbocycles. The Morgan fingerprint density at radius 1 is 0.923 bits per heavy atom. The number of carbonyl (C=O) groups is 2. The van der Waals surface area contributed by atoms with E-state index in [1.165, 1.54) is 6.20 Å².